The van der Waals surface area contributed by atoms with E-state index in [2.05, 4.69) is 54.6 Å². The Labute approximate surface area is 152 Å². The lowest BCUT2D eigenvalue weighted by molar-refractivity contribution is 0.263. The molecule has 4 aromatic carbocycles. The molecule has 0 aromatic heterocycles. The first kappa shape index (κ1) is 15.0. The summed E-state index contributed by atoms with van der Waals surface area (Å²) in [5.74, 6) is 1.78. The second kappa shape index (κ2) is 5.92. The van der Waals surface area contributed by atoms with Crippen molar-refractivity contribution in [1.82, 2.24) is 0 Å². The maximum absolute atomic E-state index is 6.13. The van der Waals surface area contributed by atoms with E-state index in [0.29, 0.717) is 6.61 Å². The molecule has 0 atom stereocenters. The quantitative estimate of drug-likeness (QED) is 0.415. The highest BCUT2D eigenvalue weighted by atomic mass is 16.5. The normalized spacial score (nSPS) is 14.6. The predicted molar refractivity (Wildman–Crippen MR) is 107 cm³/mol. The first-order valence-corrected chi connectivity index (χ1v) is 8.76. The minimum atomic E-state index is 0.602. The zero-order valence-electron chi connectivity index (χ0n) is 14.5. The molecule has 0 aliphatic carbocycles. The number of benzene rings is 4. The van der Waals surface area contributed by atoms with E-state index in [1.807, 2.05) is 24.3 Å². The lowest BCUT2D eigenvalue weighted by Crippen LogP contribution is -2.04. The zero-order valence-corrected chi connectivity index (χ0v) is 14.5. The van der Waals surface area contributed by atoms with Crippen LogP contribution in [-0.2, 0) is 11.3 Å². The van der Waals surface area contributed by atoms with Crippen LogP contribution in [0.2, 0.25) is 0 Å². The molecule has 0 saturated carbocycles. The summed E-state index contributed by atoms with van der Waals surface area (Å²) in [6, 6.07) is 25.3. The molecule has 1 heterocycles. The summed E-state index contributed by atoms with van der Waals surface area (Å²) in [5, 5.41) is 5.12. The molecule has 0 spiro atoms. The minimum Gasteiger partial charge on any atom is -0.497 e. The van der Waals surface area contributed by atoms with Crippen molar-refractivity contribution in [2.75, 3.05) is 7.11 Å². The molecule has 0 unspecified atom stereocenters. The molecule has 0 radical (unpaired) electrons. The molecule has 26 heavy (non-hydrogen) atoms. The van der Waals surface area contributed by atoms with Gasteiger partial charge in [-0.25, -0.2) is 0 Å². The van der Waals surface area contributed by atoms with Crippen LogP contribution < -0.4 is 4.74 Å². The van der Waals surface area contributed by atoms with Crippen LogP contribution in [-0.4, -0.2) is 7.11 Å². The number of fused-ring (bicyclic) bond motifs is 2. The lowest BCUT2D eigenvalue weighted by Gasteiger charge is -2.22. The predicted octanol–water partition coefficient (Wildman–Crippen LogP) is 6.03. The Kier molecular flexibility index (Phi) is 3.42. The molecular formula is C24H18O2. The molecule has 4 aromatic rings. The maximum Gasteiger partial charge on any atom is 0.128 e. The molecule has 1 aliphatic heterocycles. The molecule has 126 valence electrons. The molecule has 2 nitrogen and oxygen atoms in total. The summed E-state index contributed by atoms with van der Waals surface area (Å²) in [6.45, 7) is 0.602. The summed E-state index contributed by atoms with van der Waals surface area (Å²) in [6.07, 6.45) is 2.11. The molecule has 0 N–H and O–H groups in total. The van der Waals surface area contributed by atoms with E-state index in [-0.39, 0.29) is 0 Å². The van der Waals surface area contributed by atoms with Gasteiger partial charge in [-0.2, -0.15) is 0 Å². The van der Waals surface area contributed by atoms with Gasteiger partial charge in [0, 0.05) is 5.56 Å². The molecule has 0 amide bonds. The van der Waals surface area contributed by atoms with Crippen molar-refractivity contribution in [1.29, 1.82) is 0 Å². The van der Waals surface area contributed by atoms with Crippen LogP contribution in [0.1, 0.15) is 16.7 Å². The Balaban J connectivity index is 1.76. The van der Waals surface area contributed by atoms with Crippen LogP contribution in [0.5, 0.6) is 5.75 Å². The van der Waals surface area contributed by atoms with Crippen molar-refractivity contribution in [2.24, 2.45) is 0 Å². The van der Waals surface area contributed by atoms with E-state index in [4.69, 9.17) is 9.47 Å². The maximum atomic E-state index is 6.13. The third-order valence-corrected chi connectivity index (χ3v) is 5.03. The van der Waals surface area contributed by atoms with Crippen LogP contribution in [0, 0.1) is 0 Å². The smallest absolute Gasteiger partial charge is 0.128 e. The fraction of sp³-hybridized carbons (Fsp3) is 0.0833. The standard InChI is InChI=1S/C24H18O2/c1-25-19-11-9-16(10-12-19)13-23-22-14-17-5-2-3-7-20(17)21-8-4-6-18(15-26-23)24(21)22/h2-14H,15H2,1H3/b23-13-. The van der Waals surface area contributed by atoms with Crippen molar-refractivity contribution >= 4 is 33.4 Å². The fourth-order valence-corrected chi connectivity index (χ4v) is 3.76. The Bertz CT molecular complexity index is 1150. The fourth-order valence-electron chi connectivity index (χ4n) is 3.76. The van der Waals surface area contributed by atoms with E-state index >= 15 is 0 Å². The molecule has 2 heteroatoms. The van der Waals surface area contributed by atoms with Gasteiger partial charge in [0.15, 0.2) is 0 Å². The van der Waals surface area contributed by atoms with Gasteiger partial charge in [0.1, 0.15) is 18.1 Å². The second-order valence-electron chi connectivity index (χ2n) is 6.56. The number of rotatable bonds is 2. The van der Waals surface area contributed by atoms with Crippen LogP contribution in [0.3, 0.4) is 0 Å². The van der Waals surface area contributed by atoms with Crippen LogP contribution in [0.4, 0.5) is 0 Å². The van der Waals surface area contributed by atoms with Gasteiger partial charge in [-0.15, -0.1) is 0 Å². The number of ether oxygens (including phenoxy) is 2. The Morgan fingerprint density at radius 2 is 1.69 bits per heavy atom. The molecule has 1 aliphatic rings. The van der Waals surface area contributed by atoms with Gasteiger partial charge in [0.05, 0.1) is 7.11 Å². The van der Waals surface area contributed by atoms with Gasteiger partial charge in [-0.1, -0.05) is 54.6 Å². The highest BCUT2D eigenvalue weighted by Crippen LogP contribution is 2.39. The van der Waals surface area contributed by atoms with Gasteiger partial charge in [0.25, 0.3) is 0 Å². The highest BCUT2D eigenvalue weighted by molar-refractivity contribution is 6.13. The summed E-state index contributed by atoms with van der Waals surface area (Å²) in [4.78, 5) is 0. The molecule has 0 saturated heterocycles. The molecule has 0 fully saturated rings. The lowest BCUT2D eigenvalue weighted by atomic mass is 9.91. The third-order valence-electron chi connectivity index (χ3n) is 5.03. The Morgan fingerprint density at radius 3 is 2.54 bits per heavy atom. The summed E-state index contributed by atoms with van der Waals surface area (Å²) in [7, 11) is 1.68. The number of methoxy groups -OCH3 is 1. The van der Waals surface area contributed by atoms with E-state index in [1.54, 1.807) is 7.11 Å². The number of hydrogen-bond donors (Lipinski definition) is 0. The monoisotopic (exact) mass is 338 g/mol. The van der Waals surface area contributed by atoms with Gasteiger partial charge in [-0.05, 0) is 56.9 Å². The molecule has 5 rings (SSSR count). The van der Waals surface area contributed by atoms with Gasteiger partial charge in [-0.3, -0.25) is 0 Å². The van der Waals surface area contributed by atoms with Gasteiger partial charge in [0.2, 0.25) is 0 Å². The zero-order chi connectivity index (χ0) is 17.5. The summed E-state index contributed by atoms with van der Waals surface area (Å²) >= 11 is 0. The van der Waals surface area contributed by atoms with Crippen LogP contribution in [0.15, 0.2) is 72.8 Å². The van der Waals surface area contributed by atoms with Crippen molar-refractivity contribution in [3.63, 3.8) is 0 Å². The molecule has 0 bridgehead atoms. The van der Waals surface area contributed by atoms with E-state index < -0.39 is 0 Å². The van der Waals surface area contributed by atoms with Crippen LogP contribution in [0.25, 0.3) is 33.4 Å². The van der Waals surface area contributed by atoms with Crippen molar-refractivity contribution in [2.45, 2.75) is 6.61 Å². The van der Waals surface area contributed by atoms with Crippen molar-refractivity contribution < 1.29 is 9.47 Å². The first-order valence-electron chi connectivity index (χ1n) is 8.76. The van der Waals surface area contributed by atoms with E-state index in [0.717, 1.165) is 22.6 Å². The van der Waals surface area contributed by atoms with Gasteiger partial charge >= 0.3 is 0 Å². The highest BCUT2D eigenvalue weighted by Gasteiger charge is 2.19. The summed E-state index contributed by atoms with van der Waals surface area (Å²) < 4.78 is 11.4. The Hall–Kier alpha value is -3.26. The van der Waals surface area contributed by atoms with Crippen molar-refractivity contribution in [3.05, 3.63) is 89.5 Å². The second-order valence-corrected chi connectivity index (χ2v) is 6.56. The average molecular weight is 338 g/mol. The average Bonchev–Trinajstić information content (AvgIpc) is 2.71. The SMILES string of the molecule is COc1ccc(/C=C2\OCc3cccc4c3c2cc2ccccc24)cc1. The number of hydrogen-bond acceptors (Lipinski definition) is 2. The molecular weight excluding hydrogens is 320 g/mol. The third kappa shape index (κ3) is 2.34. The first-order chi connectivity index (χ1) is 12.8. The van der Waals surface area contributed by atoms with Crippen molar-refractivity contribution in [3.8, 4) is 5.75 Å². The van der Waals surface area contributed by atoms with E-state index in [1.165, 1.54) is 27.1 Å². The van der Waals surface area contributed by atoms with Crippen LogP contribution >= 0.6 is 0 Å². The van der Waals surface area contributed by atoms with E-state index in [9.17, 15) is 0 Å². The minimum absolute atomic E-state index is 0.602. The largest absolute Gasteiger partial charge is 0.497 e. The summed E-state index contributed by atoms with van der Waals surface area (Å²) in [5.41, 5.74) is 3.51. The topological polar surface area (TPSA) is 18.5 Å². The van der Waals surface area contributed by atoms with Gasteiger partial charge < -0.3 is 9.47 Å². The Morgan fingerprint density at radius 1 is 0.885 bits per heavy atom.